The molecule has 0 spiro atoms. The predicted octanol–water partition coefficient (Wildman–Crippen LogP) is 5.08. The van der Waals surface area contributed by atoms with E-state index in [1.165, 1.54) is 0 Å². The molecule has 2 heterocycles. The summed E-state index contributed by atoms with van der Waals surface area (Å²) in [6.07, 6.45) is 0.790. The third kappa shape index (κ3) is 2.15. The van der Waals surface area contributed by atoms with Gasteiger partial charge in [0.05, 0.1) is 10.7 Å². The molecule has 20 heavy (non-hydrogen) atoms. The lowest BCUT2D eigenvalue weighted by Gasteiger charge is -2.05. The lowest BCUT2D eigenvalue weighted by atomic mass is 10.2. The van der Waals surface area contributed by atoms with E-state index in [-0.39, 0.29) is 0 Å². The van der Waals surface area contributed by atoms with Gasteiger partial charge in [-0.2, -0.15) is 0 Å². The highest BCUT2D eigenvalue weighted by Crippen LogP contribution is 2.32. The molecule has 0 amide bonds. The van der Waals surface area contributed by atoms with Crippen molar-refractivity contribution >= 4 is 34.8 Å². The lowest BCUT2D eigenvalue weighted by Crippen LogP contribution is -1.98. The minimum Gasteiger partial charge on any atom is -0.453 e. The molecule has 0 aliphatic heterocycles. The Hall–Kier alpha value is -1.65. The molecule has 0 aliphatic rings. The van der Waals surface area contributed by atoms with E-state index < -0.39 is 0 Å². The van der Waals surface area contributed by atoms with Crippen LogP contribution in [0, 0.1) is 11.6 Å². The van der Waals surface area contributed by atoms with Crippen molar-refractivity contribution in [2.45, 2.75) is 20.3 Å². The van der Waals surface area contributed by atoms with Gasteiger partial charge in [0.25, 0.3) is 0 Å². The summed E-state index contributed by atoms with van der Waals surface area (Å²) in [6, 6.07) is 7.66. The molecule has 0 radical (unpaired) electrons. The van der Waals surface area contributed by atoms with Crippen molar-refractivity contribution in [2.75, 3.05) is 0 Å². The largest absolute Gasteiger partial charge is 0.453 e. The summed E-state index contributed by atoms with van der Waals surface area (Å²) in [5.74, 6) is 1.58. The number of hydrogen-bond donors (Lipinski definition) is 1. The van der Waals surface area contributed by atoms with E-state index in [0.717, 1.165) is 34.6 Å². The van der Waals surface area contributed by atoms with Crippen LogP contribution < -0.4 is 0 Å². The quantitative estimate of drug-likeness (QED) is 0.671. The van der Waals surface area contributed by atoms with E-state index in [2.05, 4.69) is 9.97 Å². The molecule has 0 atom stereocenters. The van der Waals surface area contributed by atoms with E-state index >= 15 is 0 Å². The van der Waals surface area contributed by atoms with Crippen LogP contribution in [0.15, 0.2) is 28.7 Å². The van der Waals surface area contributed by atoms with E-state index in [9.17, 15) is 0 Å². The Balaban J connectivity index is 2.28. The first-order chi connectivity index (χ1) is 9.60. The van der Waals surface area contributed by atoms with Gasteiger partial charge in [0.2, 0.25) is 0 Å². The maximum atomic E-state index is 6.15. The standard InChI is InChI=1S/C15H13ClN2OS/c1-3-12-17-13(8(2)15(20)18-12)11-7-9-5-4-6-10(16)14(9)19-11/h4-7H,3H2,1-2H3,(H,17,18,20). The number of nitrogens with one attached hydrogen (secondary N) is 1. The van der Waals surface area contributed by atoms with Gasteiger partial charge in [0.15, 0.2) is 11.3 Å². The van der Waals surface area contributed by atoms with Crippen molar-refractivity contribution in [3.05, 3.63) is 45.3 Å². The molecule has 0 fully saturated rings. The van der Waals surface area contributed by atoms with Gasteiger partial charge in [0, 0.05) is 17.4 Å². The van der Waals surface area contributed by atoms with Crippen LogP contribution in [-0.2, 0) is 6.42 Å². The van der Waals surface area contributed by atoms with Gasteiger partial charge in [-0.25, -0.2) is 4.98 Å². The number of halogens is 1. The van der Waals surface area contributed by atoms with Gasteiger partial charge in [-0.05, 0) is 19.1 Å². The number of benzene rings is 1. The molecular weight excluding hydrogens is 292 g/mol. The van der Waals surface area contributed by atoms with Crippen molar-refractivity contribution in [1.82, 2.24) is 9.97 Å². The summed E-state index contributed by atoms with van der Waals surface area (Å²) in [5, 5.41) is 1.58. The number of aryl methyl sites for hydroxylation is 1. The molecule has 0 aliphatic carbocycles. The van der Waals surface area contributed by atoms with Crippen LogP contribution in [0.4, 0.5) is 0 Å². The zero-order valence-corrected chi connectivity index (χ0v) is 12.7. The summed E-state index contributed by atoms with van der Waals surface area (Å²) in [7, 11) is 0. The molecule has 5 heteroatoms. The Morgan fingerprint density at radius 3 is 2.90 bits per heavy atom. The number of hydrogen-bond acceptors (Lipinski definition) is 3. The molecule has 3 rings (SSSR count). The van der Waals surface area contributed by atoms with Crippen LogP contribution in [0.3, 0.4) is 0 Å². The van der Waals surface area contributed by atoms with E-state index in [1.54, 1.807) is 0 Å². The summed E-state index contributed by atoms with van der Waals surface area (Å²) >= 11 is 11.5. The van der Waals surface area contributed by atoms with Gasteiger partial charge < -0.3 is 9.40 Å². The van der Waals surface area contributed by atoms with Gasteiger partial charge in [-0.3, -0.25) is 0 Å². The molecular formula is C15H13ClN2OS. The number of para-hydroxylation sites is 1. The number of fused-ring (bicyclic) bond motifs is 1. The normalized spacial score (nSPS) is 11.2. The summed E-state index contributed by atoms with van der Waals surface area (Å²) in [5.41, 5.74) is 2.47. The maximum Gasteiger partial charge on any atom is 0.153 e. The van der Waals surface area contributed by atoms with Crippen LogP contribution >= 0.6 is 23.8 Å². The second kappa shape index (κ2) is 5.04. The molecule has 1 N–H and O–H groups in total. The molecule has 3 aromatic rings. The van der Waals surface area contributed by atoms with E-state index in [4.69, 9.17) is 28.2 Å². The number of aromatic amines is 1. The molecule has 3 nitrogen and oxygen atoms in total. The summed E-state index contributed by atoms with van der Waals surface area (Å²) in [4.78, 5) is 7.63. The van der Waals surface area contributed by atoms with Gasteiger partial charge in [0.1, 0.15) is 10.5 Å². The van der Waals surface area contributed by atoms with E-state index in [0.29, 0.717) is 15.2 Å². The van der Waals surface area contributed by atoms with Crippen molar-refractivity contribution in [1.29, 1.82) is 0 Å². The Morgan fingerprint density at radius 1 is 1.40 bits per heavy atom. The summed E-state index contributed by atoms with van der Waals surface area (Å²) < 4.78 is 6.48. The van der Waals surface area contributed by atoms with Gasteiger partial charge in [-0.15, -0.1) is 0 Å². The fourth-order valence-corrected chi connectivity index (χ4v) is 2.58. The zero-order chi connectivity index (χ0) is 14.3. The predicted molar refractivity (Wildman–Crippen MR) is 83.8 cm³/mol. The SMILES string of the molecule is CCc1nc(=S)c(C)c(-c2cc3cccc(Cl)c3o2)[nH]1. The van der Waals surface area contributed by atoms with Crippen LogP contribution in [0.2, 0.25) is 5.02 Å². The fraction of sp³-hybridized carbons (Fsp3) is 0.200. The third-order valence-electron chi connectivity index (χ3n) is 3.28. The Labute approximate surface area is 126 Å². The van der Waals surface area contributed by atoms with Crippen molar-refractivity contribution in [2.24, 2.45) is 0 Å². The molecule has 0 saturated carbocycles. The molecule has 0 unspecified atom stereocenters. The van der Waals surface area contributed by atoms with E-state index in [1.807, 2.05) is 38.1 Å². The number of nitrogens with zero attached hydrogens (tertiary/aromatic N) is 1. The maximum absolute atomic E-state index is 6.15. The Morgan fingerprint density at radius 2 is 2.20 bits per heavy atom. The van der Waals surface area contributed by atoms with Crippen LogP contribution in [-0.4, -0.2) is 9.97 Å². The second-order valence-corrected chi connectivity index (χ2v) is 5.40. The fourth-order valence-electron chi connectivity index (χ4n) is 2.14. The zero-order valence-electron chi connectivity index (χ0n) is 11.2. The van der Waals surface area contributed by atoms with Gasteiger partial charge >= 0.3 is 0 Å². The highest BCUT2D eigenvalue weighted by atomic mass is 35.5. The first kappa shape index (κ1) is 13.3. The smallest absolute Gasteiger partial charge is 0.153 e. The Kier molecular flexibility index (Phi) is 3.36. The number of aromatic nitrogens is 2. The van der Waals surface area contributed by atoms with Gasteiger partial charge in [-0.1, -0.05) is 42.9 Å². The lowest BCUT2D eigenvalue weighted by molar-refractivity contribution is 0.626. The number of furan rings is 1. The molecule has 102 valence electrons. The minimum atomic E-state index is 0.599. The minimum absolute atomic E-state index is 0.599. The summed E-state index contributed by atoms with van der Waals surface area (Å²) in [6.45, 7) is 3.97. The number of rotatable bonds is 2. The molecule has 1 aromatic carbocycles. The Bertz CT molecular complexity index is 851. The van der Waals surface area contributed by atoms with Crippen LogP contribution in [0.1, 0.15) is 18.3 Å². The topological polar surface area (TPSA) is 41.8 Å². The van der Waals surface area contributed by atoms with Crippen molar-refractivity contribution in [3.8, 4) is 11.5 Å². The van der Waals surface area contributed by atoms with Crippen LogP contribution in [0.25, 0.3) is 22.4 Å². The van der Waals surface area contributed by atoms with Crippen LogP contribution in [0.5, 0.6) is 0 Å². The second-order valence-electron chi connectivity index (χ2n) is 4.61. The molecule has 0 saturated heterocycles. The average Bonchev–Trinajstić information content (AvgIpc) is 2.87. The molecule has 2 aromatic heterocycles. The first-order valence-corrected chi connectivity index (χ1v) is 7.17. The van der Waals surface area contributed by atoms with Crippen molar-refractivity contribution in [3.63, 3.8) is 0 Å². The van der Waals surface area contributed by atoms with Crippen molar-refractivity contribution < 1.29 is 4.42 Å². The highest BCUT2D eigenvalue weighted by Gasteiger charge is 2.13. The first-order valence-electron chi connectivity index (χ1n) is 6.38. The number of H-pyrrole nitrogens is 1. The third-order valence-corrected chi connectivity index (χ3v) is 3.97. The molecule has 0 bridgehead atoms. The average molecular weight is 305 g/mol. The highest BCUT2D eigenvalue weighted by molar-refractivity contribution is 7.71. The monoisotopic (exact) mass is 304 g/mol.